The van der Waals surface area contributed by atoms with Gasteiger partial charge >= 0.3 is 305 Å². The fourth-order valence-corrected chi connectivity index (χ4v) is 27.9. The van der Waals surface area contributed by atoms with Crippen LogP contribution >= 0.6 is 64.9 Å². The molecule has 24 heteroatoms. The summed E-state index contributed by atoms with van der Waals surface area (Å²) in [6.07, 6.45) is 0. The van der Waals surface area contributed by atoms with E-state index >= 15 is 0 Å². The number of nitrogens with two attached hydrogens (primary N) is 8. The molecular formula is C26H44As2Cl2N16S4. The molecule has 0 saturated carbocycles. The van der Waals surface area contributed by atoms with Gasteiger partial charge in [-0.1, -0.05) is 0 Å². The molecule has 276 valence electrons. The van der Waals surface area contributed by atoms with Gasteiger partial charge in [0.05, 0.1) is 0 Å². The minimum atomic E-state index is -1.26. The van der Waals surface area contributed by atoms with E-state index in [1.807, 2.05) is 64.4 Å². The van der Waals surface area contributed by atoms with E-state index in [0.29, 0.717) is 38.1 Å². The van der Waals surface area contributed by atoms with Crippen LogP contribution in [0.3, 0.4) is 0 Å². The van der Waals surface area contributed by atoms with Gasteiger partial charge in [-0.3, -0.25) is 0 Å². The summed E-state index contributed by atoms with van der Waals surface area (Å²) in [7, 11) is 7.88. The number of nitrogens with one attached hydrogen (secondary N) is 2. The predicted molar refractivity (Wildman–Crippen MR) is 228 cm³/mol. The van der Waals surface area contributed by atoms with Gasteiger partial charge in [0, 0.05) is 0 Å². The van der Waals surface area contributed by atoms with E-state index in [9.17, 15) is 0 Å². The number of hydrogen-bond acceptors (Lipinski definition) is 20. The first-order valence-corrected chi connectivity index (χ1v) is 29.3. The van der Waals surface area contributed by atoms with Gasteiger partial charge in [0.1, 0.15) is 0 Å². The molecular weight excluding hydrogens is 885 g/mol. The molecule has 0 spiro atoms. The molecule has 50 heavy (non-hydrogen) atoms. The average Bonchev–Trinajstić information content (AvgIpc) is 3.05. The maximum absolute atomic E-state index is 5.64. The third-order valence-corrected chi connectivity index (χ3v) is 32.4. The quantitative estimate of drug-likeness (QED) is 0.0610. The van der Waals surface area contributed by atoms with Crippen molar-refractivity contribution in [3.8, 4) is 0 Å². The van der Waals surface area contributed by atoms with E-state index in [1.54, 1.807) is 0 Å². The van der Waals surface area contributed by atoms with Crippen LogP contribution in [-0.2, 0) is 0 Å². The summed E-state index contributed by atoms with van der Waals surface area (Å²) in [5.41, 5.74) is 46.6. The van der Waals surface area contributed by atoms with Crippen molar-refractivity contribution in [2.45, 2.75) is 0 Å². The summed E-state index contributed by atoms with van der Waals surface area (Å²) in [4.78, 5) is 23.5. The summed E-state index contributed by atoms with van der Waals surface area (Å²) in [6, 6.07) is 16.5. The molecule has 0 amide bonds. The summed E-state index contributed by atoms with van der Waals surface area (Å²) in [6.45, 7) is 2.78. The molecule has 2 aromatic heterocycles. The average molecular weight is 930 g/mol. The topological polar surface area (TPSA) is 310 Å². The van der Waals surface area contributed by atoms with E-state index < -0.39 is 24.7 Å². The van der Waals surface area contributed by atoms with Crippen LogP contribution in [-0.4, -0.2) is 104 Å². The van der Waals surface area contributed by atoms with Crippen LogP contribution in [0.4, 0.5) is 47.1 Å². The van der Waals surface area contributed by atoms with Crippen LogP contribution in [0.2, 0.25) is 0 Å². The first kappa shape index (κ1) is 46.2. The standard InChI is InChI=1S/2C13H21AsN8S2.2ClH/c2*15-5-7-23-14(24-8-6-16)9-1-3-10(4-2-9)19-13-21-11(17)20-12(18)22-13;;/h2*1-4H,5-8,15-16H2,(H5,17,18,19,20,21,22);2*1H. The Bertz CT molecular complexity index is 1350. The summed E-state index contributed by atoms with van der Waals surface area (Å²) >= 11 is -2.52. The molecule has 0 fully saturated rings. The SMILES string of the molecule is Cl.Cl.NCCS[As](SCCN)c1ccc(Nc2nc(N)nc(N)n2)cc1.NCCS[As](SCCN)c1ccc(Nc2nc(N)nc(N)n2)cc1. The van der Waals surface area contributed by atoms with E-state index in [0.717, 1.165) is 34.4 Å². The van der Waals surface area contributed by atoms with Crippen molar-refractivity contribution in [1.29, 1.82) is 0 Å². The molecule has 0 saturated heterocycles. The van der Waals surface area contributed by atoms with Gasteiger partial charge in [-0.15, -0.1) is 24.8 Å². The van der Waals surface area contributed by atoms with Crippen molar-refractivity contribution in [2.75, 3.05) is 82.8 Å². The third kappa shape index (κ3) is 17.1. The van der Waals surface area contributed by atoms with Gasteiger partial charge in [0.15, 0.2) is 0 Å². The molecule has 0 radical (unpaired) electrons. The molecule has 18 N–H and O–H groups in total. The summed E-state index contributed by atoms with van der Waals surface area (Å²) in [5.74, 6) is 4.91. The van der Waals surface area contributed by atoms with E-state index in [-0.39, 0.29) is 48.6 Å². The van der Waals surface area contributed by atoms with Crippen LogP contribution in [0.5, 0.6) is 0 Å². The van der Waals surface area contributed by atoms with E-state index in [1.165, 1.54) is 8.70 Å². The number of nitrogen functional groups attached to an aromatic ring is 4. The Morgan fingerprint density at radius 2 is 0.700 bits per heavy atom. The Morgan fingerprint density at radius 1 is 0.440 bits per heavy atom. The fraction of sp³-hybridized carbons (Fsp3) is 0.308. The van der Waals surface area contributed by atoms with Crippen molar-refractivity contribution < 1.29 is 0 Å². The number of halogens is 2. The Morgan fingerprint density at radius 3 is 0.940 bits per heavy atom. The zero-order chi connectivity index (χ0) is 34.7. The van der Waals surface area contributed by atoms with Crippen LogP contribution in [0.15, 0.2) is 48.5 Å². The van der Waals surface area contributed by atoms with Crippen molar-refractivity contribution in [3.05, 3.63) is 48.5 Å². The van der Waals surface area contributed by atoms with Crippen LogP contribution in [0.1, 0.15) is 0 Å². The molecule has 0 aliphatic carbocycles. The molecule has 0 aliphatic heterocycles. The first-order valence-electron chi connectivity index (χ1n) is 14.4. The first-order chi connectivity index (χ1) is 23.2. The monoisotopic (exact) mass is 928 g/mol. The van der Waals surface area contributed by atoms with Gasteiger partial charge < -0.3 is 0 Å². The van der Waals surface area contributed by atoms with E-state index in [2.05, 4.69) is 64.8 Å². The fourth-order valence-electron chi connectivity index (χ4n) is 3.44. The van der Waals surface area contributed by atoms with Gasteiger partial charge in [-0.05, 0) is 0 Å². The Balaban J connectivity index is 0.000000481. The number of benzene rings is 2. The molecule has 4 aromatic rings. The molecule has 4 rings (SSSR count). The number of nitrogens with zero attached hydrogens (tertiary/aromatic N) is 6. The minimum absolute atomic E-state index is 0. The number of aromatic nitrogens is 6. The zero-order valence-electron chi connectivity index (χ0n) is 26.9. The second-order valence-electron chi connectivity index (χ2n) is 9.10. The molecule has 0 atom stereocenters. The van der Waals surface area contributed by atoms with Gasteiger partial charge in [-0.25, -0.2) is 0 Å². The number of anilines is 8. The maximum atomic E-state index is 5.64. The van der Waals surface area contributed by atoms with Crippen LogP contribution < -0.4 is 65.2 Å². The molecule has 0 aliphatic rings. The number of hydrogen-bond donors (Lipinski definition) is 10. The Kier molecular flexibility index (Phi) is 24.1. The molecule has 2 heterocycles. The predicted octanol–water partition coefficient (Wildman–Crippen LogP) is 0.561. The Labute approximate surface area is 326 Å². The molecule has 0 unspecified atom stereocenters. The normalized spacial score (nSPS) is 10.5. The molecule has 0 bridgehead atoms. The number of rotatable bonds is 18. The molecule has 16 nitrogen and oxygen atoms in total. The van der Waals surface area contributed by atoms with Gasteiger partial charge in [0.25, 0.3) is 0 Å². The summed E-state index contributed by atoms with van der Waals surface area (Å²) in [5, 5.41) is 6.16. The van der Waals surface area contributed by atoms with E-state index in [4.69, 9.17) is 45.9 Å². The van der Waals surface area contributed by atoms with Gasteiger partial charge in [0.2, 0.25) is 0 Å². The second kappa shape index (κ2) is 26.0. The van der Waals surface area contributed by atoms with Crippen LogP contribution in [0.25, 0.3) is 0 Å². The third-order valence-electron chi connectivity index (χ3n) is 5.31. The zero-order valence-corrected chi connectivity index (χ0v) is 35.6. The van der Waals surface area contributed by atoms with Crippen molar-refractivity contribution >= 4 is 145 Å². The molecule has 2 aromatic carbocycles. The van der Waals surface area contributed by atoms with Crippen LogP contribution in [0, 0.1) is 0 Å². The van der Waals surface area contributed by atoms with Crippen molar-refractivity contribution in [3.63, 3.8) is 0 Å². The second-order valence-corrected chi connectivity index (χ2v) is 32.6. The van der Waals surface area contributed by atoms with Crippen molar-refractivity contribution in [1.82, 2.24) is 29.9 Å². The summed E-state index contributed by atoms with van der Waals surface area (Å²) < 4.78 is 2.72. The van der Waals surface area contributed by atoms with Gasteiger partial charge in [-0.2, -0.15) is 0 Å². The van der Waals surface area contributed by atoms with Crippen molar-refractivity contribution in [2.24, 2.45) is 22.9 Å². The Hall–Kier alpha value is -1.80.